The third-order valence-corrected chi connectivity index (χ3v) is 3.17. The van der Waals surface area contributed by atoms with Crippen LogP contribution < -0.4 is 0 Å². The molecular weight excluding hydrogens is 208 g/mol. The molecule has 0 unspecified atom stereocenters. The summed E-state index contributed by atoms with van der Waals surface area (Å²) in [5.74, 6) is 0. The largest absolute Gasteiger partial charge is 0.240 e. The van der Waals surface area contributed by atoms with Crippen LogP contribution in [0.2, 0.25) is 0 Å². The summed E-state index contributed by atoms with van der Waals surface area (Å²) in [6.07, 6.45) is 2.07. The van der Waals surface area contributed by atoms with E-state index in [1.54, 1.807) is 0 Å². The molecule has 0 aliphatic rings. The van der Waals surface area contributed by atoms with Crippen LogP contribution in [0.4, 0.5) is 0 Å². The monoisotopic (exact) mass is 222 g/mol. The van der Waals surface area contributed by atoms with Crippen LogP contribution in [0, 0.1) is 13.8 Å². The van der Waals surface area contributed by atoms with E-state index >= 15 is 0 Å². The molecule has 17 heavy (non-hydrogen) atoms. The summed E-state index contributed by atoms with van der Waals surface area (Å²) in [5.41, 5.74) is 4.75. The van der Waals surface area contributed by atoms with Crippen molar-refractivity contribution in [1.29, 1.82) is 0 Å². The first kappa shape index (κ1) is 10.1. The highest BCUT2D eigenvalue weighted by Crippen LogP contribution is 2.17. The predicted molar refractivity (Wildman–Crippen MR) is 70.5 cm³/mol. The van der Waals surface area contributed by atoms with E-state index in [0.29, 0.717) is 0 Å². The summed E-state index contributed by atoms with van der Waals surface area (Å²) >= 11 is 0. The van der Waals surface area contributed by atoms with Crippen molar-refractivity contribution in [2.45, 2.75) is 13.8 Å². The van der Waals surface area contributed by atoms with E-state index in [9.17, 15) is 0 Å². The Morgan fingerprint density at radius 3 is 2.53 bits per heavy atom. The van der Waals surface area contributed by atoms with Gasteiger partial charge in [0.25, 0.3) is 0 Å². The molecule has 0 saturated carbocycles. The van der Waals surface area contributed by atoms with E-state index in [2.05, 4.69) is 49.4 Å². The van der Waals surface area contributed by atoms with Crippen molar-refractivity contribution in [3.63, 3.8) is 0 Å². The Hall–Kier alpha value is -2.09. The molecule has 1 aromatic heterocycles. The lowest BCUT2D eigenvalue weighted by Gasteiger charge is -2.04. The van der Waals surface area contributed by atoms with Gasteiger partial charge in [0.1, 0.15) is 0 Å². The first-order valence-electron chi connectivity index (χ1n) is 5.76. The molecule has 0 aliphatic carbocycles. The Balaban J connectivity index is 2.17. The quantitative estimate of drug-likeness (QED) is 0.614. The fourth-order valence-corrected chi connectivity index (χ4v) is 1.96. The van der Waals surface area contributed by atoms with E-state index in [4.69, 9.17) is 0 Å². The van der Waals surface area contributed by atoms with Gasteiger partial charge in [0.2, 0.25) is 0 Å². The minimum Gasteiger partial charge on any atom is -0.240 e. The van der Waals surface area contributed by atoms with Crippen LogP contribution in [0.5, 0.6) is 0 Å². The Labute approximate surface area is 101 Å². The Morgan fingerprint density at radius 1 is 0.941 bits per heavy atom. The number of nitrogens with zero attached hydrogens (tertiary/aromatic N) is 2. The second kappa shape index (κ2) is 3.74. The molecule has 2 nitrogen and oxygen atoms in total. The van der Waals surface area contributed by atoms with E-state index < -0.39 is 0 Å². The second-order valence-electron chi connectivity index (χ2n) is 4.40. The van der Waals surface area contributed by atoms with E-state index in [-0.39, 0.29) is 0 Å². The van der Waals surface area contributed by atoms with Crippen molar-refractivity contribution in [2.75, 3.05) is 0 Å². The molecular formula is C15H14N2. The average molecular weight is 222 g/mol. The van der Waals surface area contributed by atoms with Gasteiger partial charge in [0, 0.05) is 11.6 Å². The van der Waals surface area contributed by atoms with Crippen molar-refractivity contribution in [2.24, 2.45) is 0 Å². The van der Waals surface area contributed by atoms with Crippen molar-refractivity contribution in [3.05, 3.63) is 59.8 Å². The van der Waals surface area contributed by atoms with E-state index in [1.807, 2.05) is 22.9 Å². The number of benzene rings is 2. The number of hydrogen-bond acceptors (Lipinski definition) is 1. The number of rotatable bonds is 1. The van der Waals surface area contributed by atoms with E-state index in [1.165, 1.54) is 16.5 Å². The normalized spacial score (nSPS) is 10.9. The zero-order valence-corrected chi connectivity index (χ0v) is 10.0. The first-order chi connectivity index (χ1) is 8.24. The summed E-state index contributed by atoms with van der Waals surface area (Å²) in [5, 5.41) is 5.74. The number of aromatic nitrogens is 2. The Bertz CT molecular complexity index is 647. The molecule has 0 bridgehead atoms. The molecule has 0 saturated heterocycles. The zero-order valence-electron chi connectivity index (χ0n) is 10.0. The summed E-state index contributed by atoms with van der Waals surface area (Å²) < 4.78 is 1.94. The summed E-state index contributed by atoms with van der Waals surface area (Å²) in [6.45, 7) is 4.25. The lowest BCUT2D eigenvalue weighted by atomic mass is 10.1. The topological polar surface area (TPSA) is 17.8 Å². The molecule has 2 heteroatoms. The summed E-state index contributed by atoms with van der Waals surface area (Å²) in [7, 11) is 0. The molecule has 3 aromatic rings. The molecule has 84 valence electrons. The molecule has 1 heterocycles. The molecule has 0 amide bonds. The Morgan fingerprint density at radius 2 is 1.76 bits per heavy atom. The van der Waals surface area contributed by atoms with Gasteiger partial charge < -0.3 is 0 Å². The molecule has 0 spiro atoms. The van der Waals surface area contributed by atoms with Gasteiger partial charge in [0.05, 0.1) is 11.2 Å². The van der Waals surface area contributed by atoms with Crippen LogP contribution in [0.15, 0.2) is 48.7 Å². The predicted octanol–water partition coefficient (Wildman–Crippen LogP) is 3.64. The summed E-state index contributed by atoms with van der Waals surface area (Å²) in [4.78, 5) is 0. The van der Waals surface area contributed by atoms with Crippen molar-refractivity contribution >= 4 is 10.9 Å². The van der Waals surface area contributed by atoms with Crippen LogP contribution in [0.3, 0.4) is 0 Å². The average Bonchev–Trinajstić information content (AvgIpc) is 2.76. The van der Waals surface area contributed by atoms with Crippen molar-refractivity contribution < 1.29 is 0 Å². The van der Waals surface area contributed by atoms with Crippen LogP contribution in [0.1, 0.15) is 11.1 Å². The zero-order chi connectivity index (χ0) is 11.8. The maximum Gasteiger partial charge on any atom is 0.0927 e. The Kier molecular flexibility index (Phi) is 2.22. The summed E-state index contributed by atoms with van der Waals surface area (Å²) in [6, 6.07) is 14.6. The molecule has 0 atom stereocenters. The smallest absolute Gasteiger partial charge is 0.0927 e. The fraction of sp³-hybridized carbons (Fsp3) is 0.133. The molecule has 0 fully saturated rings. The molecule has 0 N–H and O–H groups in total. The SMILES string of the molecule is Cc1ccc(-n2cc3ccccc3n2)cc1C. The van der Waals surface area contributed by atoms with Crippen molar-refractivity contribution in [1.82, 2.24) is 9.78 Å². The minimum absolute atomic E-state index is 1.03. The molecule has 0 aliphatic heterocycles. The van der Waals surface area contributed by atoms with Gasteiger partial charge in [-0.3, -0.25) is 0 Å². The standard InChI is InChI=1S/C15H14N2/c1-11-7-8-14(9-12(11)2)17-10-13-5-3-4-6-15(13)16-17/h3-10H,1-2H3. The minimum atomic E-state index is 1.03. The number of aryl methyl sites for hydroxylation is 2. The highest BCUT2D eigenvalue weighted by molar-refractivity contribution is 5.78. The second-order valence-corrected chi connectivity index (χ2v) is 4.40. The lowest BCUT2D eigenvalue weighted by Crippen LogP contribution is -1.95. The molecule has 2 aromatic carbocycles. The lowest BCUT2D eigenvalue weighted by molar-refractivity contribution is 0.894. The number of fused-ring (bicyclic) bond motifs is 1. The van der Waals surface area contributed by atoms with Gasteiger partial charge in [0.15, 0.2) is 0 Å². The number of hydrogen-bond donors (Lipinski definition) is 0. The van der Waals surface area contributed by atoms with Gasteiger partial charge in [-0.25, -0.2) is 4.68 Å². The van der Waals surface area contributed by atoms with Gasteiger partial charge >= 0.3 is 0 Å². The van der Waals surface area contributed by atoms with Gasteiger partial charge in [-0.15, -0.1) is 0 Å². The van der Waals surface area contributed by atoms with Crippen LogP contribution >= 0.6 is 0 Å². The third kappa shape index (κ3) is 1.72. The van der Waals surface area contributed by atoms with Gasteiger partial charge in [-0.05, 0) is 43.2 Å². The maximum atomic E-state index is 4.57. The van der Waals surface area contributed by atoms with Crippen LogP contribution in [-0.2, 0) is 0 Å². The van der Waals surface area contributed by atoms with Gasteiger partial charge in [-0.2, -0.15) is 5.10 Å². The van der Waals surface area contributed by atoms with Crippen molar-refractivity contribution in [3.8, 4) is 5.69 Å². The fourth-order valence-electron chi connectivity index (χ4n) is 1.96. The maximum absolute atomic E-state index is 4.57. The third-order valence-electron chi connectivity index (χ3n) is 3.17. The molecule has 0 radical (unpaired) electrons. The first-order valence-corrected chi connectivity index (χ1v) is 5.76. The van der Waals surface area contributed by atoms with E-state index in [0.717, 1.165) is 11.2 Å². The van der Waals surface area contributed by atoms with Gasteiger partial charge in [-0.1, -0.05) is 24.3 Å². The van der Waals surface area contributed by atoms with Crippen LogP contribution in [-0.4, -0.2) is 9.78 Å². The molecule has 3 rings (SSSR count). The highest BCUT2D eigenvalue weighted by atomic mass is 15.3. The van der Waals surface area contributed by atoms with Crippen LogP contribution in [0.25, 0.3) is 16.6 Å². The highest BCUT2D eigenvalue weighted by Gasteiger charge is 2.02.